The molecule has 0 spiro atoms. The lowest BCUT2D eigenvalue weighted by Gasteiger charge is -2.15. The highest BCUT2D eigenvalue weighted by Crippen LogP contribution is 2.38. The summed E-state index contributed by atoms with van der Waals surface area (Å²) < 4.78 is 74.4. The Morgan fingerprint density at radius 3 is 2.24 bits per heavy atom. The maximum absolute atomic E-state index is 14.2. The summed E-state index contributed by atoms with van der Waals surface area (Å²) in [7, 11) is 0. The van der Waals surface area contributed by atoms with Crippen LogP contribution in [0.15, 0.2) is 27.3 Å². The number of hydrazone groups is 1. The molecule has 3 rings (SSSR count). The van der Waals surface area contributed by atoms with Crippen LogP contribution in [0.1, 0.15) is 25.8 Å². The molecule has 0 unspecified atom stereocenters. The zero-order valence-electron chi connectivity index (χ0n) is 16.9. The molecule has 33 heavy (non-hydrogen) atoms. The van der Waals surface area contributed by atoms with Crippen LogP contribution in [0.25, 0.3) is 6.08 Å². The molecule has 0 saturated carbocycles. The fourth-order valence-corrected chi connectivity index (χ4v) is 3.53. The van der Waals surface area contributed by atoms with E-state index in [0.29, 0.717) is 6.42 Å². The second kappa shape index (κ2) is 9.25. The molecule has 0 aliphatic carbocycles. The predicted octanol–water partition coefficient (Wildman–Crippen LogP) is 5.65. The number of hydrogen-bond acceptors (Lipinski definition) is 5. The number of amides is 1. The first-order valence-corrected chi connectivity index (χ1v) is 10.0. The maximum atomic E-state index is 14.2. The molecule has 13 heteroatoms. The van der Waals surface area contributed by atoms with Gasteiger partial charge in [-0.05, 0) is 47.0 Å². The molecule has 1 amide bonds. The van der Waals surface area contributed by atoms with E-state index < -0.39 is 51.3 Å². The minimum absolute atomic E-state index is 0.0323. The topological polar surface area (TPSA) is 85.0 Å². The number of carbonyl (C=O) groups excluding carboxylic acids is 1. The average Bonchev–Trinajstić information content (AvgIpc) is 3.03. The maximum Gasteiger partial charge on any atom is 0.312 e. The van der Waals surface area contributed by atoms with Gasteiger partial charge in [-0.1, -0.05) is 6.92 Å². The van der Waals surface area contributed by atoms with Gasteiger partial charge in [0.15, 0.2) is 23.3 Å². The standard InChI is InChI=1S/C20H13BrF5N3O4/c1-3-4-33-19-11(21)6-9(7-12(19)29(31)32)5-10-8(2)27-28(20(10)30)18-16(25)14(23)13(22)15(24)17(18)26/h5-7H,3-4H2,1-2H3/b10-5-. The number of carbonyl (C=O) groups is 1. The van der Waals surface area contributed by atoms with E-state index >= 15 is 0 Å². The fourth-order valence-electron chi connectivity index (χ4n) is 2.95. The van der Waals surface area contributed by atoms with Crippen LogP contribution in [-0.4, -0.2) is 23.1 Å². The van der Waals surface area contributed by atoms with Gasteiger partial charge in [0.05, 0.1) is 27.3 Å². The van der Waals surface area contributed by atoms with Crippen LogP contribution in [0, 0.1) is 39.2 Å². The molecule has 2 aromatic rings. The number of nitro benzene ring substituents is 1. The average molecular weight is 534 g/mol. The molecule has 1 aliphatic heterocycles. The van der Waals surface area contributed by atoms with Gasteiger partial charge in [0, 0.05) is 6.07 Å². The number of anilines is 1. The summed E-state index contributed by atoms with van der Waals surface area (Å²) in [4.78, 5) is 23.5. The number of benzene rings is 2. The van der Waals surface area contributed by atoms with Crippen molar-refractivity contribution in [1.29, 1.82) is 0 Å². The third-order valence-corrected chi connectivity index (χ3v) is 5.05. The first-order valence-electron chi connectivity index (χ1n) is 9.23. The van der Waals surface area contributed by atoms with E-state index in [2.05, 4.69) is 21.0 Å². The van der Waals surface area contributed by atoms with Crippen molar-refractivity contribution in [3.63, 3.8) is 0 Å². The van der Waals surface area contributed by atoms with Crippen molar-refractivity contribution in [2.45, 2.75) is 20.3 Å². The summed E-state index contributed by atoms with van der Waals surface area (Å²) in [6.45, 7) is 3.28. The van der Waals surface area contributed by atoms with Crippen molar-refractivity contribution in [1.82, 2.24) is 0 Å². The summed E-state index contributed by atoms with van der Waals surface area (Å²) in [5, 5.41) is 15.1. The van der Waals surface area contributed by atoms with E-state index in [9.17, 15) is 36.9 Å². The second-order valence-electron chi connectivity index (χ2n) is 6.74. The third kappa shape index (κ3) is 4.32. The van der Waals surface area contributed by atoms with Gasteiger partial charge in [0.1, 0.15) is 5.69 Å². The van der Waals surface area contributed by atoms with Crippen molar-refractivity contribution < 1.29 is 36.4 Å². The molecule has 0 fully saturated rings. The Labute approximate surface area is 191 Å². The number of halogens is 6. The summed E-state index contributed by atoms with van der Waals surface area (Å²) in [6.07, 6.45) is 1.72. The van der Waals surface area contributed by atoms with Crippen molar-refractivity contribution in [3.8, 4) is 5.75 Å². The Bertz CT molecular complexity index is 1220. The Morgan fingerprint density at radius 1 is 1.12 bits per heavy atom. The zero-order valence-corrected chi connectivity index (χ0v) is 18.5. The molecular weight excluding hydrogens is 521 g/mol. The SMILES string of the molecule is CCCOc1c(Br)cc(/C=C2\C(=O)N(c3c(F)c(F)c(F)c(F)c3F)N=C2C)cc1[N+](=O)[O-]. The van der Waals surface area contributed by atoms with E-state index in [0.717, 1.165) is 12.1 Å². The Balaban J connectivity index is 2.08. The van der Waals surface area contributed by atoms with Gasteiger partial charge in [-0.15, -0.1) is 0 Å². The van der Waals surface area contributed by atoms with Crippen LogP contribution in [-0.2, 0) is 4.79 Å². The fraction of sp³-hybridized carbons (Fsp3) is 0.200. The van der Waals surface area contributed by atoms with E-state index in [4.69, 9.17) is 4.74 Å². The first-order chi connectivity index (χ1) is 15.5. The molecule has 0 bridgehead atoms. The van der Waals surface area contributed by atoms with E-state index in [-0.39, 0.29) is 38.7 Å². The molecular formula is C20H13BrF5N3O4. The monoisotopic (exact) mass is 533 g/mol. The Hall–Kier alpha value is -3.35. The van der Waals surface area contributed by atoms with Gasteiger partial charge in [-0.2, -0.15) is 10.1 Å². The van der Waals surface area contributed by atoms with Gasteiger partial charge >= 0.3 is 5.69 Å². The minimum Gasteiger partial charge on any atom is -0.486 e. The third-order valence-electron chi connectivity index (χ3n) is 4.47. The molecule has 0 saturated heterocycles. The molecule has 0 radical (unpaired) electrons. The lowest BCUT2D eigenvalue weighted by molar-refractivity contribution is -0.386. The van der Waals surface area contributed by atoms with Crippen LogP contribution >= 0.6 is 15.9 Å². The van der Waals surface area contributed by atoms with E-state index in [1.54, 1.807) is 0 Å². The molecule has 0 aromatic heterocycles. The van der Waals surface area contributed by atoms with Gasteiger partial charge in [0.25, 0.3) is 5.91 Å². The van der Waals surface area contributed by atoms with Crippen molar-refractivity contribution in [2.24, 2.45) is 5.10 Å². The molecule has 1 heterocycles. The minimum atomic E-state index is -2.38. The first kappa shape index (κ1) is 24.3. The van der Waals surface area contributed by atoms with Crippen molar-refractivity contribution in [2.75, 3.05) is 11.6 Å². The molecule has 1 aliphatic rings. The van der Waals surface area contributed by atoms with Crippen LogP contribution < -0.4 is 9.75 Å². The summed E-state index contributed by atoms with van der Waals surface area (Å²) in [5.74, 6) is -12.5. The number of rotatable bonds is 6. The zero-order chi connectivity index (χ0) is 24.6. The normalized spacial score (nSPS) is 14.8. The number of ether oxygens (including phenoxy) is 1. The van der Waals surface area contributed by atoms with Gasteiger partial charge in [-0.3, -0.25) is 14.9 Å². The molecule has 2 aromatic carbocycles. The highest BCUT2D eigenvalue weighted by molar-refractivity contribution is 9.10. The Kier molecular flexibility index (Phi) is 6.81. The largest absolute Gasteiger partial charge is 0.486 e. The summed E-state index contributed by atoms with van der Waals surface area (Å²) in [6, 6.07) is 2.50. The van der Waals surface area contributed by atoms with Gasteiger partial charge in [0.2, 0.25) is 11.6 Å². The lowest BCUT2D eigenvalue weighted by Crippen LogP contribution is -2.25. The van der Waals surface area contributed by atoms with Crippen LogP contribution in [0.4, 0.5) is 33.3 Å². The lowest BCUT2D eigenvalue weighted by atomic mass is 10.1. The smallest absolute Gasteiger partial charge is 0.312 e. The quantitative estimate of drug-likeness (QED) is 0.120. The van der Waals surface area contributed by atoms with E-state index in [1.165, 1.54) is 13.0 Å². The van der Waals surface area contributed by atoms with Crippen molar-refractivity contribution >= 4 is 45.0 Å². The molecule has 7 nitrogen and oxygen atoms in total. The molecule has 0 N–H and O–H groups in total. The van der Waals surface area contributed by atoms with Crippen LogP contribution in [0.5, 0.6) is 5.75 Å². The number of hydrogen-bond donors (Lipinski definition) is 0. The predicted molar refractivity (Wildman–Crippen MR) is 111 cm³/mol. The summed E-state index contributed by atoms with van der Waals surface area (Å²) >= 11 is 3.16. The second-order valence-corrected chi connectivity index (χ2v) is 7.59. The molecule has 174 valence electrons. The summed E-state index contributed by atoms with van der Waals surface area (Å²) in [5.41, 5.74) is -2.22. The molecule has 0 atom stereocenters. The van der Waals surface area contributed by atoms with E-state index in [1.807, 2.05) is 6.92 Å². The number of nitrogens with zero attached hydrogens (tertiary/aromatic N) is 3. The highest BCUT2D eigenvalue weighted by Gasteiger charge is 2.37. The Morgan fingerprint density at radius 2 is 1.70 bits per heavy atom. The van der Waals surface area contributed by atoms with Crippen LogP contribution in [0.2, 0.25) is 0 Å². The van der Waals surface area contributed by atoms with Gasteiger partial charge in [-0.25, -0.2) is 22.0 Å². The van der Waals surface area contributed by atoms with Crippen molar-refractivity contribution in [3.05, 3.63) is 66.9 Å². The highest BCUT2D eigenvalue weighted by atomic mass is 79.9. The van der Waals surface area contributed by atoms with Crippen LogP contribution in [0.3, 0.4) is 0 Å². The number of nitro groups is 1. The van der Waals surface area contributed by atoms with Gasteiger partial charge < -0.3 is 4.74 Å².